The molecular formula is C25H26N8. The average Bonchev–Trinajstić information content (AvgIpc) is 3.45. The van der Waals surface area contributed by atoms with Gasteiger partial charge in [-0.15, -0.1) is 0 Å². The van der Waals surface area contributed by atoms with E-state index in [1.807, 2.05) is 49.5 Å². The standard InChI is InChI=1S/C25H26N8/c1-17-7-6-10-21(29-17)25-24(19-11-12-23-27-16-28-33(23)15-19)30-22(31-25)13-26-20-9-5-4-8-18(20)14-32(2)3/h4-12,15-16,26H,13-14H2,1-3H3,(H,30,31). The number of aryl methyl sites for hydroxylation is 1. The molecule has 33 heavy (non-hydrogen) atoms. The monoisotopic (exact) mass is 438 g/mol. The van der Waals surface area contributed by atoms with Crippen LogP contribution in [0.25, 0.3) is 28.3 Å². The van der Waals surface area contributed by atoms with Crippen molar-refractivity contribution in [3.63, 3.8) is 0 Å². The van der Waals surface area contributed by atoms with Gasteiger partial charge >= 0.3 is 0 Å². The fourth-order valence-electron chi connectivity index (χ4n) is 3.89. The first-order valence-electron chi connectivity index (χ1n) is 10.9. The summed E-state index contributed by atoms with van der Waals surface area (Å²) in [6.07, 6.45) is 3.49. The van der Waals surface area contributed by atoms with E-state index in [0.29, 0.717) is 6.54 Å². The number of nitrogens with one attached hydrogen (secondary N) is 2. The van der Waals surface area contributed by atoms with E-state index >= 15 is 0 Å². The first-order chi connectivity index (χ1) is 16.1. The molecule has 4 heterocycles. The Morgan fingerprint density at radius 1 is 1.00 bits per heavy atom. The number of rotatable bonds is 7. The molecular weight excluding hydrogens is 412 g/mol. The van der Waals surface area contributed by atoms with Crippen molar-refractivity contribution in [2.45, 2.75) is 20.0 Å². The van der Waals surface area contributed by atoms with Gasteiger partial charge in [-0.25, -0.2) is 14.5 Å². The van der Waals surface area contributed by atoms with E-state index in [0.717, 1.165) is 52.0 Å². The van der Waals surface area contributed by atoms with Crippen LogP contribution in [0.2, 0.25) is 0 Å². The molecule has 0 aliphatic rings. The third kappa shape index (κ3) is 4.47. The highest BCUT2D eigenvalue weighted by Crippen LogP contribution is 2.30. The highest BCUT2D eigenvalue weighted by Gasteiger charge is 2.16. The Hall–Kier alpha value is -4.04. The van der Waals surface area contributed by atoms with E-state index in [-0.39, 0.29) is 0 Å². The van der Waals surface area contributed by atoms with Crippen LogP contribution in [-0.2, 0) is 13.1 Å². The van der Waals surface area contributed by atoms with Crippen molar-refractivity contribution in [3.05, 3.63) is 84.2 Å². The second-order valence-electron chi connectivity index (χ2n) is 8.30. The number of fused-ring (bicyclic) bond motifs is 1. The van der Waals surface area contributed by atoms with Crippen molar-refractivity contribution < 1.29 is 0 Å². The second kappa shape index (κ2) is 8.84. The van der Waals surface area contributed by atoms with Crippen molar-refractivity contribution in [2.75, 3.05) is 19.4 Å². The lowest BCUT2D eigenvalue weighted by molar-refractivity contribution is 0.403. The number of nitrogens with zero attached hydrogens (tertiary/aromatic N) is 6. The predicted molar refractivity (Wildman–Crippen MR) is 130 cm³/mol. The molecule has 0 aliphatic carbocycles. The zero-order valence-electron chi connectivity index (χ0n) is 18.9. The van der Waals surface area contributed by atoms with Crippen LogP contribution in [0.1, 0.15) is 17.1 Å². The van der Waals surface area contributed by atoms with Crippen molar-refractivity contribution in [1.82, 2.24) is 34.4 Å². The van der Waals surface area contributed by atoms with E-state index < -0.39 is 0 Å². The SMILES string of the molecule is Cc1cccc(-c2[nH]c(CNc3ccccc3CN(C)C)nc2-c2ccc3ncnn3c2)n1. The Bertz CT molecular complexity index is 1400. The molecule has 0 atom stereocenters. The van der Waals surface area contributed by atoms with E-state index in [4.69, 9.17) is 9.97 Å². The largest absolute Gasteiger partial charge is 0.378 e. The molecule has 2 N–H and O–H groups in total. The summed E-state index contributed by atoms with van der Waals surface area (Å²) in [5, 5.41) is 7.82. The molecule has 1 aromatic carbocycles. The maximum atomic E-state index is 4.95. The summed E-state index contributed by atoms with van der Waals surface area (Å²) in [6, 6.07) is 18.3. The molecule has 0 amide bonds. The summed E-state index contributed by atoms with van der Waals surface area (Å²) >= 11 is 0. The summed E-state index contributed by atoms with van der Waals surface area (Å²) in [5.41, 5.74) is 7.62. The van der Waals surface area contributed by atoms with Crippen LogP contribution in [0, 0.1) is 6.92 Å². The Kier molecular flexibility index (Phi) is 5.58. The highest BCUT2D eigenvalue weighted by atomic mass is 15.3. The minimum Gasteiger partial charge on any atom is -0.378 e. The van der Waals surface area contributed by atoms with Gasteiger partial charge < -0.3 is 15.2 Å². The summed E-state index contributed by atoms with van der Waals surface area (Å²) in [4.78, 5) is 19.6. The molecule has 0 bridgehead atoms. The molecule has 0 fully saturated rings. The molecule has 0 saturated heterocycles. The predicted octanol–water partition coefficient (Wildman–Crippen LogP) is 4.16. The molecule has 4 aromatic heterocycles. The lowest BCUT2D eigenvalue weighted by Gasteiger charge is -2.15. The number of para-hydroxylation sites is 1. The van der Waals surface area contributed by atoms with Crippen LogP contribution < -0.4 is 5.32 Å². The maximum absolute atomic E-state index is 4.95. The van der Waals surface area contributed by atoms with Gasteiger partial charge in [-0.05, 0) is 56.9 Å². The van der Waals surface area contributed by atoms with E-state index in [9.17, 15) is 0 Å². The number of hydrogen-bond donors (Lipinski definition) is 2. The van der Waals surface area contributed by atoms with Gasteiger partial charge in [0.15, 0.2) is 5.65 Å². The molecule has 5 rings (SSSR count). The lowest BCUT2D eigenvalue weighted by atomic mass is 10.1. The van der Waals surface area contributed by atoms with Crippen LogP contribution >= 0.6 is 0 Å². The Balaban J connectivity index is 1.51. The molecule has 5 aromatic rings. The first kappa shape index (κ1) is 20.8. The Morgan fingerprint density at radius 3 is 2.73 bits per heavy atom. The molecule has 0 aliphatic heterocycles. The van der Waals surface area contributed by atoms with Crippen LogP contribution in [0.5, 0.6) is 0 Å². The van der Waals surface area contributed by atoms with Gasteiger partial charge in [-0.1, -0.05) is 24.3 Å². The number of pyridine rings is 2. The highest BCUT2D eigenvalue weighted by molar-refractivity contribution is 5.77. The van der Waals surface area contributed by atoms with Gasteiger partial charge in [0.2, 0.25) is 0 Å². The zero-order chi connectivity index (χ0) is 22.8. The van der Waals surface area contributed by atoms with E-state index in [1.165, 1.54) is 5.56 Å². The van der Waals surface area contributed by atoms with Gasteiger partial charge in [0, 0.05) is 29.7 Å². The van der Waals surface area contributed by atoms with E-state index in [1.54, 1.807) is 10.8 Å². The minimum atomic E-state index is 0.564. The molecule has 0 radical (unpaired) electrons. The third-order valence-corrected chi connectivity index (χ3v) is 5.40. The normalized spacial score (nSPS) is 11.4. The van der Waals surface area contributed by atoms with Crippen LogP contribution in [0.3, 0.4) is 0 Å². The summed E-state index contributed by atoms with van der Waals surface area (Å²) in [5.74, 6) is 0.835. The van der Waals surface area contributed by atoms with Crippen LogP contribution in [0.15, 0.2) is 67.1 Å². The van der Waals surface area contributed by atoms with Gasteiger partial charge in [0.1, 0.15) is 12.2 Å². The van der Waals surface area contributed by atoms with Gasteiger partial charge in [0.05, 0.1) is 23.6 Å². The van der Waals surface area contributed by atoms with Crippen molar-refractivity contribution in [2.24, 2.45) is 0 Å². The van der Waals surface area contributed by atoms with Crippen molar-refractivity contribution >= 4 is 11.3 Å². The minimum absolute atomic E-state index is 0.564. The average molecular weight is 439 g/mol. The third-order valence-electron chi connectivity index (χ3n) is 5.40. The zero-order valence-corrected chi connectivity index (χ0v) is 18.9. The fourth-order valence-corrected chi connectivity index (χ4v) is 3.89. The fraction of sp³-hybridized carbons (Fsp3) is 0.200. The molecule has 8 heteroatoms. The Morgan fingerprint density at radius 2 is 1.88 bits per heavy atom. The van der Waals surface area contributed by atoms with Gasteiger partial charge in [0.25, 0.3) is 0 Å². The quantitative estimate of drug-likeness (QED) is 0.397. The molecule has 0 saturated carbocycles. The Labute approximate surface area is 192 Å². The number of benzene rings is 1. The molecule has 0 unspecified atom stereocenters. The number of anilines is 1. The molecule has 8 nitrogen and oxygen atoms in total. The number of hydrogen-bond acceptors (Lipinski definition) is 6. The van der Waals surface area contributed by atoms with E-state index in [2.05, 4.69) is 57.6 Å². The molecule has 0 spiro atoms. The van der Waals surface area contributed by atoms with Gasteiger partial charge in [-0.2, -0.15) is 5.10 Å². The first-order valence-corrected chi connectivity index (χ1v) is 10.9. The maximum Gasteiger partial charge on any atom is 0.155 e. The number of aromatic amines is 1. The number of H-pyrrole nitrogens is 1. The molecule has 166 valence electrons. The summed E-state index contributed by atoms with van der Waals surface area (Å²) < 4.78 is 1.76. The van der Waals surface area contributed by atoms with Crippen LogP contribution in [0.4, 0.5) is 5.69 Å². The lowest BCUT2D eigenvalue weighted by Crippen LogP contribution is -2.13. The smallest absolute Gasteiger partial charge is 0.155 e. The summed E-state index contributed by atoms with van der Waals surface area (Å²) in [7, 11) is 4.14. The second-order valence-corrected chi connectivity index (χ2v) is 8.30. The topological polar surface area (TPSA) is 87.0 Å². The van der Waals surface area contributed by atoms with Crippen molar-refractivity contribution in [3.8, 4) is 22.6 Å². The number of aromatic nitrogens is 6. The van der Waals surface area contributed by atoms with Gasteiger partial charge in [-0.3, -0.25) is 4.98 Å². The number of imidazole rings is 1. The van der Waals surface area contributed by atoms with Crippen LogP contribution in [-0.4, -0.2) is 48.5 Å². The van der Waals surface area contributed by atoms with Crippen molar-refractivity contribution in [1.29, 1.82) is 0 Å². The summed E-state index contributed by atoms with van der Waals surface area (Å²) in [6.45, 7) is 3.42.